The minimum absolute atomic E-state index is 0.0106. The molecule has 1 aliphatic heterocycles. The SMILES string of the molecule is COc1ccc(S(=O)(=O)N(C)C[C@@H]2OCCCC[C@@H](C)Oc3ccc(NC(=O)Nc4ccc(C(F)(F)F)cc4)cc3C(=O)N([C@H](C)CO)C[C@H]2C)cc1. The van der Waals surface area contributed by atoms with Crippen LogP contribution in [0.5, 0.6) is 11.5 Å². The zero-order valence-electron chi connectivity index (χ0n) is 30.4. The van der Waals surface area contributed by atoms with Crippen molar-refractivity contribution in [3.05, 3.63) is 77.9 Å². The third-order valence-electron chi connectivity index (χ3n) is 8.98. The summed E-state index contributed by atoms with van der Waals surface area (Å²) < 4.78 is 84.8. The summed E-state index contributed by atoms with van der Waals surface area (Å²) in [4.78, 5) is 28.8. The molecule has 0 aliphatic carbocycles. The lowest BCUT2D eigenvalue weighted by Crippen LogP contribution is -2.48. The molecule has 0 bridgehead atoms. The first kappa shape index (κ1) is 41.4. The van der Waals surface area contributed by atoms with E-state index in [9.17, 15) is 36.3 Å². The van der Waals surface area contributed by atoms with Crippen LogP contribution in [0.4, 0.5) is 29.3 Å². The van der Waals surface area contributed by atoms with Crippen molar-refractivity contribution in [3.8, 4) is 11.5 Å². The van der Waals surface area contributed by atoms with E-state index in [-0.39, 0.29) is 53.4 Å². The topological polar surface area (TPSA) is 147 Å². The molecule has 0 aromatic heterocycles. The van der Waals surface area contributed by atoms with Gasteiger partial charge in [0.1, 0.15) is 11.5 Å². The Hall–Kier alpha value is -4.38. The van der Waals surface area contributed by atoms with Crippen LogP contribution in [-0.2, 0) is 20.9 Å². The van der Waals surface area contributed by atoms with Crippen LogP contribution < -0.4 is 20.1 Å². The predicted octanol–water partition coefficient (Wildman–Crippen LogP) is 6.47. The summed E-state index contributed by atoms with van der Waals surface area (Å²) >= 11 is 0. The van der Waals surface area contributed by atoms with Crippen LogP contribution in [0, 0.1) is 5.92 Å². The molecule has 0 unspecified atom stereocenters. The molecule has 3 aromatic rings. The van der Waals surface area contributed by atoms with Crippen LogP contribution >= 0.6 is 0 Å². The molecule has 16 heteroatoms. The zero-order chi connectivity index (χ0) is 38.9. The van der Waals surface area contributed by atoms with Gasteiger partial charge in [-0.1, -0.05) is 6.92 Å². The van der Waals surface area contributed by atoms with E-state index in [2.05, 4.69) is 10.6 Å². The number of alkyl halides is 3. The molecule has 3 amide bonds. The number of fused-ring (bicyclic) bond motifs is 1. The second-order valence-corrected chi connectivity index (χ2v) is 15.2. The van der Waals surface area contributed by atoms with Crippen molar-refractivity contribution in [2.75, 3.05) is 51.1 Å². The normalized spacial score (nSPS) is 19.8. The summed E-state index contributed by atoms with van der Waals surface area (Å²) in [5.41, 5.74) is -0.430. The van der Waals surface area contributed by atoms with Gasteiger partial charge in [-0.3, -0.25) is 4.79 Å². The number of hydrogen-bond acceptors (Lipinski definition) is 8. The Morgan fingerprint density at radius 2 is 1.68 bits per heavy atom. The number of urea groups is 1. The van der Waals surface area contributed by atoms with Crippen molar-refractivity contribution in [1.29, 1.82) is 0 Å². The number of aliphatic hydroxyl groups is 1. The van der Waals surface area contributed by atoms with Crippen molar-refractivity contribution in [2.24, 2.45) is 5.92 Å². The maximum Gasteiger partial charge on any atom is 0.416 e. The number of likely N-dealkylation sites (N-methyl/N-ethyl adjacent to an activating group) is 1. The predicted molar refractivity (Wildman–Crippen MR) is 194 cm³/mol. The number of benzene rings is 3. The molecule has 1 aliphatic rings. The van der Waals surface area contributed by atoms with Crippen molar-refractivity contribution in [2.45, 2.75) is 69.4 Å². The fraction of sp³-hybridized carbons (Fsp3) is 0.459. The second kappa shape index (κ2) is 18.1. The van der Waals surface area contributed by atoms with Gasteiger partial charge in [0.25, 0.3) is 5.91 Å². The Kier molecular flexibility index (Phi) is 14.1. The molecule has 12 nitrogen and oxygen atoms in total. The zero-order valence-corrected chi connectivity index (χ0v) is 31.2. The van der Waals surface area contributed by atoms with Gasteiger partial charge in [0, 0.05) is 44.0 Å². The fourth-order valence-corrected chi connectivity index (χ4v) is 6.96. The Balaban J connectivity index is 1.60. The first-order valence-electron chi connectivity index (χ1n) is 17.2. The van der Waals surface area contributed by atoms with Crippen LogP contribution in [-0.4, -0.2) is 93.4 Å². The number of anilines is 2. The molecule has 3 N–H and O–H groups in total. The number of hydrogen-bond donors (Lipinski definition) is 3. The maximum absolute atomic E-state index is 14.4. The van der Waals surface area contributed by atoms with E-state index in [0.717, 1.165) is 30.7 Å². The van der Waals surface area contributed by atoms with Crippen molar-refractivity contribution < 1.29 is 50.5 Å². The van der Waals surface area contributed by atoms with Gasteiger partial charge in [0.05, 0.1) is 48.0 Å². The first-order valence-corrected chi connectivity index (χ1v) is 18.7. The molecule has 1 heterocycles. The monoisotopic (exact) mass is 764 g/mol. The summed E-state index contributed by atoms with van der Waals surface area (Å²) in [6.07, 6.45) is -3.45. The van der Waals surface area contributed by atoms with E-state index in [1.54, 1.807) is 31.2 Å². The van der Waals surface area contributed by atoms with E-state index in [1.807, 2.05) is 13.8 Å². The molecule has 0 radical (unpaired) electrons. The molecule has 53 heavy (non-hydrogen) atoms. The number of sulfonamides is 1. The van der Waals surface area contributed by atoms with E-state index in [4.69, 9.17) is 14.2 Å². The molecule has 0 saturated carbocycles. The summed E-state index contributed by atoms with van der Waals surface area (Å²) in [5.74, 6) is -0.150. The molecular weight excluding hydrogens is 717 g/mol. The number of methoxy groups -OCH3 is 1. The number of rotatable bonds is 9. The quantitative estimate of drug-likeness (QED) is 0.225. The van der Waals surface area contributed by atoms with Gasteiger partial charge in [0.15, 0.2) is 0 Å². The molecule has 290 valence electrons. The van der Waals surface area contributed by atoms with E-state index < -0.39 is 51.8 Å². The third-order valence-corrected chi connectivity index (χ3v) is 10.8. The first-order chi connectivity index (χ1) is 25.0. The lowest BCUT2D eigenvalue weighted by atomic mass is 10.0. The average Bonchev–Trinajstić information content (AvgIpc) is 3.12. The number of carbonyl (C=O) groups is 2. The molecule has 3 aromatic carbocycles. The second-order valence-electron chi connectivity index (χ2n) is 13.1. The maximum atomic E-state index is 14.4. The smallest absolute Gasteiger partial charge is 0.416 e. The van der Waals surface area contributed by atoms with Gasteiger partial charge in [-0.25, -0.2) is 13.2 Å². The summed E-state index contributed by atoms with van der Waals surface area (Å²) in [6.45, 7) is 5.41. The molecule has 4 rings (SSSR count). The Morgan fingerprint density at radius 3 is 2.30 bits per heavy atom. The Labute approximate surface area is 308 Å². The third kappa shape index (κ3) is 11.1. The lowest BCUT2D eigenvalue weighted by Gasteiger charge is -2.35. The number of aliphatic hydroxyl groups excluding tert-OH is 1. The fourth-order valence-electron chi connectivity index (χ4n) is 5.78. The van der Waals surface area contributed by atoms with Gasteiger partial charge in [-0.15, -0.1) is 0 Å². The molecule has 0 saturated heterocycles. The number of halogens is 3. The standard InChI is InChI=1S/C37H47F3N4O8S/c1-24-21-44(25(2)23-45)35(46)32-20-29(42-36(47)41-28-11-9-27(10-12-28)37(38,39)40)13-18-33(32)52-26(3)8-6-7-19-51-34(24)22-43(4)53(48,49)31-16-14-30(50-5)15-17-31/h9-18,20,24-26,34,45H,6-8,19,21-23H2,1-5H3,(H2,41,42,47)/t24-,25-,26-,34+/m1/s1. The van der Waals surface area contributed by atoms with Crippen LogP contribution in [0.2, 0.25) is 0 Å². The van der Waals surface area contributed by atoms with Gasteiger partial charge < -0.3 is 34.9 Å². The summed E-state index contributed by atoms with van der Waals surface area (Å²) in [6, 6.07) is 13.1. The highest BCUT2D eigenvalue weighted by molar-refractivity contribution is 7.89. The van der Waals surface area contributed by atoms with Gasteiger partial charge in [-0.05, 0) is 99.8 Å². The van der Waals surface area contributed by atoms with Crippen LogP contribution in [0.3, 0.4) is 0 Å². The summed E-state index contributed by atoms with van der Waals surface area (Å²) in [5, 5.41) is 15.3. The van der Waals surface area contributed by atoms with E-state index in [0.29, 0.717) is 25.2 Å². The largest absolute Gasteiger partial charge is 0.497 e. The minimum Gasteiger partial charge on any atom is -0.497 e. The van der Waals surface area contributed by atoms with Gasteiger partial charge in [-0.2, -0.15) is 17.5 Å². The number of ether oxygens (including phenoxy) is 3. The molecular formula is C37H47F3N4O8S. The van der Waals surface area contributed by atoms with Crippen LogP contribution in [0.15, 0.2) is 71.6 Å². The number of nitrogens with one attached hydrogen (secondary N) is 2. The highest BCUT2D eigenvalue weighted by Crippen LogP contribution is 2.31. The lowest BCUT2D eigenvalue weighted by molar-refractivity contribution is -0.137. The highest BCUT2D eigenvalue weighted by Gasteiger charge is 2.33. The Morgan fingerprint density at radius 1 is 1.04 bits per heavy atom. The average molecular weight is 765 g/mol. The van der Waals surface area contributed by atoms with Crippen molar-refractivity contribution >= 4 is 33.3 Å². The Bertz CT molecular complexity index is 1790. The van der Waals surface area contributed by atoms with Gasteiger partial charge >= 0.3 is 12.2 Å². The molecule has 0 fully saturated rings. The molecule has 0 spiro atoms. The van der Waals surface area contributed by atoms with Crippen LogP contribution in [0.1, 0.15) is 56.0 Å². The van der Waals surface area contributed by atoms with Crippen molar-refractivity contribution in [1.82, 2.24) is 9.21 Å². The number of amides is 3. The molecule has 4 atom stereocenters. The van der Waals surface area contributed by atoms with Crippen molar-refractivity contribution in [3.63, 3.8) is 0 Å². The summed E-state index contributed by atoms with van der Waals surface area (Å²) in [7, 11) is -0.947. The van der Waals surface area contributed by atoms with E-state index >= 15 is 0 Å². The van der Waals surface area contributed by atoms with Crippen LogP contribution in [0.25, 0.3) is 0 Å². The van der Waals surface area contributed by atoms with E-state index in [1.165, 1.54) is 41.6 Å². The minimum atomic E-state index is -4.52. The number of carbonyl (C=O) groups excluding carboxylic acids is 2. The highest BCUT2D eigenvalue weighted by atomic mass is 32.2. The van der Waals surface area contributed by atoms with Gasteiger partial charge in [0.2, 0.25) is 10.0 Å². The number of nitrogens with zero attached hydrogens (tertiary/aromatic N) is 2.